The van der Waals surface area contributed by atoms with Crippen LogP contribution in [0.3, 0.4) is 0 Å². The van der Waals surface area contributed by atoms with Crippen molar-refractivity contribution in [2.45, 2.75) is 128 Å². The Balaban J connectivity index is 1.07. The fourth-order valence-electron chi connectivity index (χ4n) is 11.3. The van der Waals surface area contributed by atoms with Gasteiger partial charge in [0.2, 0.25) is 11.8 Å². The highest BCUT2D eigenvalue weighted by molar-refractivity contribution is 5.85. The molecule has 9 aliphatic rings. The van der Waals surface area contributed by atoms with E-state index in [0.29, 0.717) is 11.8 Å². The number of hydrogen-bond acceptors (Lipinski definition) is 2. The van der Waals surface area contributed by atoms with Crippen LogP contribution < -0.4 is 10.6 Å². The van der Waals surface area contributed by atoms with Gasteiger partial charge in [-0.1, -0.05) is 25.7 Å². The maximum absolute atomic E-state index is 13.9. The summed E-state index contributed by atoms with van der Waals surface area (Å²) in [6.07, 6.45) is 22.0. The van der Waals surface area contributed by atoms with E-state index in [1.54, 1.807) is 0 Å². The Morgan fingerprint density at radius 2 is 0.765 bits per heavy atom. The minimum atomic E-state index is -0.0917. The van der Waals surface area contributed by atoms with Gasteiger partial charge >= 0.3 is 0 Å². The van der Waals surface area contributed by atoms with Gasteiger partial charge in [-0.25, -0.2) is 0 Å². The molecule has 188 valence electrons. The van der Waals surface area contributed by atoms with Crippen LogP contribution in [-0.4, -0.2) is 23.9 Å². The van der Waals surface area contributed by atoms with Crippen molar-refractivity contribution in [2.24, 2.45) is 46.3 Å². The Hall–Kier alpha value is -1.06. The fourth-order valence-corrected chi connectivity index (χ4v) is 11.3. The molecule has 4 nitrogen and oxygen atoms in total. The first kappa shape index (κ1) is 22.2. The number of nitrogens with one attached hydrogen (secondary N) is 2. The first-order chi connectivity index (χ1) is 16.5. The Kier molecular flexibility index (Phi) is 5.37. The number of rotatable bonds is 4. The van der Waals surface area contributed by atoms with Crippen LogP contribution in [-0.2, 0) is 9.59 Å². The summed E-state index contributed by atoms with van der Waals surface area (Å²) in [6.45, 7) is 0. The fraction of sp³-hybridized carbons (Fsp3) is 0.933. The van der Waals surface area contributed by atoms with E-state index < -0.39 is 0 Å². The Morgan fingerprint density at radius 1 is 0.471 bits per heavy atom. The normalized spacial score (nSPS) is 51.1. The summed E-state index contributed by atoms with van der Waals surface area (Å²) in [4.78, 5) is 27.8. The third-order valence-electron chi connectivity index (χ3n) is 11.9. The van der Waals surface area contributed by atoms with Gasteiger partial charge in [-0.2, -0.15) is 0 Å². The summed E-state index contributed by atoms with van der Waals surface area (Å²) < 4.78 is 0. The highest BCUT2D eigenvalue weighted by atomic mass is 16.2. The van der Waals surface area contributed by atoms with E-state index in [2.05, 4.69) is 10.6 Å². The lowest BCUT2D eigenvalue weighted by Crippen LogP contribution is -2.61. The average Bonchev–Trinajstić information content (AvgIpc) is 2.76. The van der Waals surface area contributed by atoms with Crippen molar-refractivity contribution in [1.82, 2.24) is 10.6 Å². The average molecular weight is 467 g/mol. The van der Waals surface area contributed by atoms with Gasteiger partial charge in [0.25, 0.3) is 0 Å². The molecule has 2 unspecified atom stereocenters. The predicted molar refractivity (Wildman–Crippen MR) is 133 cm³/mol. The molecule has 8 bridgehead atoms. The molecule has 0 saturated heterocycles. The number of amides is 2. The summed E-state index contributed by atoms with van der Waals surface area (Å²) in [5.41, 5.74) is -0.183. The lowest BCUT2D eigenvalue weighted by molar-refractivity contribution is -0.150. The first-order valence-corrected chi connectivity index (χ1v) is 15.1. The second kappa shape index (κ2) is 8.23. The van der Waals surface area contributed by atoms with Gasteiger partial charge in [-0.15, -0.1) is 0 Å². The molecule has 0 radical (unpaired) electrons. The van der Waals surface area contributed by atoms with Crippen LogP contribution in [0, 0.1) is 46.3 Å². The molecule has 9 saturated carbocycles. The highest BCUT2D eigenvalue weighted by Crippen LogP contribution is 2.61. The van der Waals surface area contributed by atoms with Crippen molar-refractivity contribution in [1.29, 1.82) is 0 Å². The molecule has 0 heterocycles. The molecule has 0 aromatic heterocycles. The van der Waals surface area contributed by atoms with Crippen LogP contribution in [0.2, 0.25) is 0 Å². The van der Waals surface area contributed by atoms with Gasteiger partial charge in [-0.3, -0.25) is 9.59 Å². The summed E-state index contributed by atoms with van der Waals surface area (Å²) in [5.74, 6) is 5.46. The van der Waals surface area contributed by atoms with Crippen molar-refractivity contribution in [2.75, 3.05) is 0 Å². The topological polar surface area (TPSA) is 58.2 Å². The minimum Gasteiger partial charge on any atom is -0.351 e. The van der Waals surface area contributed by atoms with E-state index in [9.17, 15) is 9.59 Å². The molecule has 9 aliphatic carbocycles. The van der Waals surface area contributed by atoms with E-state index >= 15 is 0 Å². The Bertz CT molecular complexity index is 695. The molecule has 0 aromatic carbocycles. The number of hydrogen-bond donors (Lipinski definition) is 2. The first-order valence-electron chi connectivity index (χ1n) is 15.1. The molecule has 2 N–H and O–H groups in total. The van der Waals surface area contributed by atoms with Crippen molar-refractivity contribution >= 4 is 11.8 Å². The molecule has 2 atom stereocenters. The summed E-state index contributed by atoms with van der Waals surface area (Å²) in [6, 6.07) is 0.248. The molecular formula is C30H46N2O2. The third-order valence-corrected chi connectivity index (χ3v) is 11.9. The zero-order chi connectivity index (χ0) is 22.9. The van der Waals surface area contributed by atoms with Crippen LogP contribution in [0.1, 0.15) is 116 Å². The van der Waals surface area contributed by atoms with Crippen LogP contribution >= 0.6 is 0 Å². The molecule has 0 aliphatic heterocycles. The summed E-state index contributed by atoms with van der Waals surface area (Å²) >= 11 is 0. The molecule has 9 fully saturated rings. The predicted octanol–water partition coefficient (Wildman–Crippen LogP) is 5.74. The van der Waals surface area contributed by atoms with E-state index in [1.807, 2.05) is 0 Å². The largest absolute Gasteiger partial charge is 0.351 e. The van der Waals surface area contributed by atoms with Crippen LogP contribution in [0.4, 0.5) is 0 Å². The van der Waals surface area contributed by atoms with Crippen LogP contribution in [0.25, 0.3) is 0 Å². The smallest absolute Gasteiger partial charge is 0.226 e. The lowest BCUT2D eigenvalue weighted by Gasteiger charge is -2.56. The Morgan fingerprint density at radius 3 is 1.06 bits per heavy atom. The number of carbonyl (C=O) groups excluding carboxylic acids is 2. The van der Waals surface area contributed by atoms with Gasteiger partial charge in [-0.05, 0) is 125 Å². The minimum absolute atomic E-state index is 0.0917. The van der Waals surface area contributed by atoms with Crippen molar-refractivity contribution in [3.05, 3.63) is 0 Å². The van der Waals surface area contributed by atoms with Crippen molar-refractivity contribution in [3.8, 4) is 0 Å². The summed E-state index contributed by atoms with van der Waals surface area (Å²) in [5, 5.41) is 7.24. The van der Waals surface area contributed by atoms with Gasteiger partial charge in [0.15, 0.2) is 0 Å². The van der Waals surface area contributed by atoms with Gasteiger partial charge in [0.1, 0.15) is 0 Å². The SMILES string of the molecule is O=C(NC1CCCCCCC1NC(=O)C12CC3CC(CC(C3)C1)C2)C12CC3CC(CC(C3)C1)C2. The molecule has 9 rings (SSSR count). The highest BCUT2D eigenvalue weighted by Gasteiger charge is 2.56. The third kappa shape index (κ3) is 3.76. The van der Waals surface area contributed by atoms with E-state index in [1.165, 1.54) is 64.2 Å². The maximum atomic E-state index is 13.9. The molecule has 0 aromatic rings. The molecule has 2 amide bonds. The van der Waals surface area contributed by atoms with E-state index in [4.69, 9.17) is 0 Å². The van der Waals surface area contributed by atoms with Crippen molar-refractivity contribution < 1.29 is 9.59 Å². The second-order valence-corrected chi connectivity index (χ2v) is 14.5. The standard InChI is InChI=1S/C30H46N2O2/c33-27(29-13-19-7-20(14-29)9-21(8-19)15-29)31-25-5-3-1-2-4-6-26(25)32-28(34)30-16-22-10-23(17-30)12-24(11-22)18-30/h19-26H,1-18H2,(H,31,33)(H,32,34). The van der Waals surface area contributed by atoms with Gasteiger partial charge in [0.05, 0.1) is 0 Å². The van der Waals surface area contributed by atoms with E-state index in [0.717, 1.165) is 86.9 Å². The molecule has 4 heteroatoms. The summed E-state index contributed by atoms with van der Waals surface area (Å²) in [7, 11) is 0. The van der Waals surface area contributed by atoms with Crippen LogP contribution in [0.5, 0.6) is 0 Å². The molecular weight excluding hydrogens is 420 g/mol. The maximum Gasteiger partial charge on any atom is 0.226 e. The van der Waals surface area contributed by atoms with Gasteiger partial charge in [0, 0.05) is 22.9 Å². The molecule has 0 spiro atoms. The van der Waals surface area contributed by atoms with Crippen LogP contribution in [0.15, 0.2) is 0 Å². The van der Waals surface area contributed by atoms with E-state index in [-0.39, 0.29) is 22.9 Å². The zero-order valence-electron chi connectivity index (χ0n) is 21.2. The number of carbonyl (C=O) groups is 2. The Labute approximate surface area is 206 Å². The zero-order valence-corrected chi connectivity index (χ0v) is 21.2. The molecule has 34 heavy (non-hydrogen) atoms. The second-order valence-electron chi connectivity index (χ2n) is 14.5. The van der Waals surface area contributed by atoms with Gasteiger partial charge < -0.3 is 10.6 Å². The lowest BCUT2D eigenvalue weighted by atomic mass is 9.49. The van der Waals surface area contributed by atoms with Crippen molar-refractivity contribution in [3.63, 3.8) is 0 Å². The quantitative estimate of drug-likeness (QED) is 0.555. The monoisotopic (exact) mass is 466 g/mol.